The lowest BCUT2D eigenvalue weighted by atomic mass is 10.1. The van der Waals surface area contributed by atoms with Crippen molar-refractivity contribution >= 4 is 21.8 Å². The highest BCUT2D eigenvalue weighted by Crippen LogP contribution is 2.16. The summed E-state index contributed by atoms with van der Waals surface area (Å²) in [6.45, 7) is 6.76. The molecule has 0 heterocycles. The summed E-state index contributed by atoms with van der Waals surface area (Å²) in [6.07, 6.45) is 1.31. The van der Waals surface area contributed by atoms with Crippen LogP contribution < -0.4 is 5.32 Å². The molecule has 0 aliphatic heterocycles. The number of hydrogen-bond donors (Lipinski definition) is 1. The van der Waals surface area contributed by atoms with Crippen LogP contribution in [0, 0.1) is 6.92 Å². The summed E-state index contributed by atoms with van der Waals surface area (Å²) in [5.41, 5.74) is 2.03. The van der Waals surface area contributed by atoms with Crippen LogP contribution >= 0.6 is 0 Å². The number of benzene rings is 2. The van der Waals surface area contributed by atoms with Crippen LogP contribution in [-0.2, 0) is 26.2 Å². The van der Waals surface area contributed by atoms with E-state index in [2.05, 4.69) is 5.32 Å². The molecule has 7 nitrogen and oxygen atoms in total. The molecule has 2 aromatic carbocycles. The van der Waals surface area contributed by atoms with Gasteiger partial charge in [0.1, 0.15) is 6.04 Å². The maximum atomic E-state index is 13.1. The Morgan fingerprint density at radius 2 is 1.76 bits per heavy atom. The third-order valence-electron chi connectivity index (χ3n) is 5.47. The van der Waals surface area contributed by atoms with Gasteiger partial charge in [-0.05, 0) is 44.4 Å². The molecule has 0 aromatic heterocycles. The van der Waals surface area contributed by atoms with E-state index < -0.39 is 16.1 Å². The Labute approximate surface area is 197 Å². The molecule has 2 aromatic rings. The van der Waals surface area contributed by atoms with Crippen molar-refractivity contribution in [2.75, 3.05) is 20.1 Å². The minimum Gasteiger partial charge on any atom is -0.354 e. The third-order valence-corrected chi connectivity index (χ3v) is 7.34. The minimum absolute atomic E-state index is 0.145. The topological polar surface area (TPSA) is 86.8 Å². The van der Waals surface area contributed by atoms with E-state index in [1.807, 2.05) is 38.1 Å². The maximum Gasteiger partial charge on any atom is 0.242 e. The van der Waals surface area contributed by atoms with Crippen molar-refractivity contribution in [1.29, 1.82) is 0 Å². The van der Waals surface area contributed by atoms with Gasteiger partial charge in [-0.15, -0.1) is 0 Å². The average molecular weight is 474 g/mol. The second-order valence-electron chi connectivity index (χ2n) is 8.22. The standard InChI is InChI=1S/C25H35N3O4S/c1-5-16-26-25(30)21(3)28(19-22-12-9-11-20(2)18-22)24(29)15-10-17-27(4)33(31,32)23-13-7-6-8-14-23/h6-9,11-14,18,21H,5,10,15-17,19H2,1-4H3,(H,26,30). The maximum absolute atomic E-state index is 13.1. The molecule has 2 rings (SSSR count). The van der Waals surface area contributed by atoms with E-state index in [1.165, 1.54) is 11.4 Å². The molecule has 1 atom stereocenters. The number of hydrogen-bond acceptors (Lipinski definition) is 4. The predicted octanol–water partition coefficient (Wildman–Crippen LogP) is 3.34. The van der Waals surface area contributed by atoms with Gasteiger partial charge in [-0.3, -0.25) is 9.59 Å². The van der Waals surface area contributed by atoms with Gasteiger partial charge in [0.25, 0.3) is 0 Å². The van der Waals surface area contributed by atoms with Crippen molar-refractivity contribution in [2.24, 2.45) is 0 Å². The molecular weight excluding hydrogens is 438 g/mol. The van der Waals surface area contributed by atoms with E-state index in [4.69, 9.17) is 0 Å². The zero-order chi connectivity index (χ0) is 24.4. The number of carbonyl (C=O) groups is 2. The lowest BCUT2D eigenvalue weighted by Gasteiger charge is -2.29. The molecule has 0 fully saturated rings. The first-order valence-corrected chi connectivity index (χ1v) is 12.7. The second-order valence-corrected chi connectivity index (χ2v) is 10.3. The molecule has 0 saturated carbocycles. The van der Waals surface area contributed by atoms with Gasteiger partial charge < -0.3 is 10.2 Å². The van der Waals surface area contributed by atoms with Crippen LogP contribution in [0.15, 0.2) is 59.5 Å². The van der Waals surface area contributed by atoms with E-state index in [9.17, 15) is 18.0 Å². The van der Waals surface area contributed by atoms with Crippen molar-refractivity contribution in [3.05, 3.63) is 65.7 Å². The van der Waals surface area contributed by atoms with E-state index in [-0.39, 0.29) is 29.7 Å². The van der Waals surface area contributed by atoms with Crippen molar-refractivity contribution in [3.63, 3.8) is 0 Å². The van der Waals surface area contributed by atoms with Gasteiger partial charge in [-0.1, -0.05) is 55.0 Å². The first-order valence-electron chi connectivity index (χ1n) is 11.3. The summed E-state index contributed by atoms with van der Waals surface area (Å²) in [4.78, 5) is 27.5. The van der Waals surface area contributed by atoms with Crippen LogP contribution in [0.25, 0.3) is 0 Å². The SMILES string of the molecule is CCCNC(=O)C(C)N(Cc1cccc(C)c1)C(=O)CCCN(C)S(=O)(=O)c1ccccc1. The summed E-state index contributed by atoms with van der Waals surface area (Å²) in [7, 11) is -2.09. The van der Waals surface area contributed by atoms with Crippen LogP contribution in [0.4, 0.5) is 0 Å². The third kappa shape index (κ3) is 7.68. The Morgan fingerprint density at radius 1 is 1.06 bits per heavy atom. The van der Waals surface area contributed by atoms with Gasteiger partial charge in [-0.25, -0.2) is 12.7 Å². The molecule has 1 unspecified atom stereocenters. The fourth-order valence-electron chi connectivity index (χ4n) is 3.47. The number of aryl methyl sites for hydroxylation is 1. The molecule has 2 amide bonds. The normalized spacial score (nSPS) is 12.4. The summed E-state index contributed by atoms with van der Waals surface area (Å²) in [5.74, 6) is -0.372. The van der Waals surface area contributed by atoms with E-state index >= 15 is 0 Å². The Bertz CT molecular complexity index is 1020. The van der Waals surface area contributed by atoms with Crippen LogP contribution in [0.5, 0.6) is 0 Å². The Balaban J connectivity index is 2.06. The highest BCUT2D eigenvalue weighted by atomic mass is 32.2. The van der Waals surface area contributed by atoms with Crippen molar-refractivity contribution in [1.82, 2.24) is 14.5 Å². The van der Waals surface area contributed by atoms with Gasteiger partial charge in [0.2, 0.25) is 21.8 Å². The molecular formula is C25H35N3O4S. The van der Waals surface area contributed by atoms with Gasteiger partial charge in [0.15, 0.2) is 0 Å². The number of nitrogens with one attached hydrogen (secondary N) is 1. The van der Waals surface area contributed by atoms with Crippen LogP contribution in [0.1, 0.15) is 44.2 Å². The number of nitrogens with zero attached hydrogens (tertiary/aromatic N) is 2. The molecule has 0 aliphatic rings. The number of sulfonamides is 1. The molecule has 0 aliphatic carbocycles. The Morgan fingerprint density at radius 3 is 2.39 bits per heavy atom. The summed E-state index contributed by atoms with van der Waals surface area (Å²) >= 11 is 0. The largest absolute Gasteiger partial charge is 0.354 e. The van der Waals surface area contributed by atoms with E-state index in [0.717, 1.165) is 17.5 Å². The molecule has 33 heavy (non-hydrogen) atoms. The zero-order valence-corrected chi connectivity index (χ0v) is 20.8. The summed E-state index contributed by atoms with van der Waals surface area (Å²) < 4.78 is 26.6. The van der Waals surface area contributed by atoms with Gasteiger partial charge in [0, 0.05) is 33.1 Å². The Hall–Kier alpha value is -2.71. The highest BCUT2D eigenvalue weighted by Gasteiger charge is 2.26. The monoisotopic (exact) mass is 473 g/mol. The molecule has 0 spiro atoms. The lowest BCUT2D eigenvalue weighted by Crippen LogP contribution is -2.47. The molecule has 1 N–H and O–H groups in total. The number of amides is 2. The molecule has 180 valence electrons. The van der Waals surface area contributed by atoms with Crippen molar-refractivity contribution < 1.29 is 18.0 Å². The predicted molar refractivity (Wildman–Crippen MR) is 130 cm³/mol. The Kier molecular flexibility index (Phi) is 10.1. The van der Waals surface area contributed by atoms with Gasteiger partial charge in [-0.2, -0.15) is 0 Å². The first-order chi connectivity index (χ1) is 15.7. The van der Waals surface area contributed by atoms with Crippen LogP contribution in [0.2, 0.25) is 0 Å². The number of rotatable bonds is 12. The molecule has 0 radical (unpaired) electrons. The number of carbonyl (C=O) groups excluding carboxylic acids is 2. The molecule has 0 bridgehead atoms. The smallest absolute Gasteiger partial charge is 0.242 e. The van der Waals surface area contributed by atoms with Crippen LogP contribution in [0.3, 0.4) is 0 Å². The second kappa shape index (κ2) is 12.5. The van der Waals surface area contributed by atoms with E-state index in [0.29, 0.717) is 19.5 Å². The molecule has 8 heteroatoms. The van der Waals surface area contributed by atoms with E-state index in [1.54, 1.807) is 42.2 Å². The van der Waals surface area contributed by atoms with Crippen molar-refractivity contribution in [2.45, 2.75) is 57.5 Å². The first kappa shape index (κ1) is 26.5. The fourth-order valence-corrected chi connectivity index (χ4v) is 4.71. The van der Waals surface area contributed by atoms with Gasteiger partial charge >= 0.3 is 0 Å². The fraction of sp³-hybridized carbons (Fsp3) is 0.440. The summed E-state index contributed by atoms with van der Waals surface area (Å²) in [6, 6.07) is 15.4. The zero-order valence-electron chi connectivity index (χ0n) is 20.0. The van der Waals surface area contributed by atoms with Crippen molar-refractivity contribution in [3.8, 4) is 0 Å². The van der Waals surface area contributed by atoms with Gasteiger partial charge in [0.05, 0.1) is 4.90 Å². The highest BCUT2D eigenvalue weighted by molar-refractivity contribution is 7.89. The minimum atomic E-state index is -3.61. The average Bonchev–Trinajstić information content (AvgIpc) is 2.80. The molecule has 0 saturated heterocycles. The summed E-state index contributed by atoms with van der Waals surface area (Å²) in [5, 5.41) is 2.86. The quantitative estimate of drug-likeness (QED) is 0.512. The lowest BCUT2D eigenvalue weighted by molar-refractivity contribution is -0.140. The van der Waals surface area contributed by atoms with Crippen LogP contribution in [-0.4, -0.2) is 55.6 Å².